The molecule has 0 saturated heterocycles. The summed E-state index contributed by atoms with van der Waals surface area (Å²) in [5.41, 5.74) is 0.379. The first kappa shape index (κ1) is 14.2. The zero-order valence-corrected chi connectivity index (χ0v) is 11.9. The van der Waals surface area contributed by atoms with Gasteiger partial charge in [-0.05, 0) is 32.4 Å². The van der Waals surface area contributed by atoms with Crippen LogP contribution in [0.3, 0.4) is 0 Å². The number of carbonyl (C=O) groups is 1. The van der Waals surface area contributed by atoms with Crippen molar-refractivity contribution in [1.29, 1.82) is 0 Å². The molecule has 0 heterocycles. The van der Waals surface area contributed by atoms with Crippen LogP contribution in [0.5, 0.6) is 0 Å². The van der Waals surface area contributed by atoms with Gasteiger partial charge in [-0.15, -0.1) is 0 Å². The van der Waals surface area contributed by atoms with Crippen LogP contribution in [0.15, 0.2) is 28.7 Å². The van der Waals surface area contributed by atoms with E-state index in [4.69, 9.17) is 5.11 Å². The van der Waals surface area contributed by atoms with Crippen molar-refractivity contribution >= 4 is 21.9 Å². The molecule has 3 nitrogen and oxygen atoms in total. The zero-order chi connectivity index (χ0) is 13.1. The molecule has 0 aliphatic rings. The summed E-state index contributed by atoms with van der Waals surface area (Å²) in [5, 5.41) is 12.3. The molecule has 0 amide bonds. The summed E-state index contributed by atoms with van der Waals surface area (Å²) in [6, 6.07) is 8.05. The molecule has 0 aliphatic heterocycles. The van der Waals surface area contributed by atoms with Gasteiger partial charge in [0.15, 0.2) is 0 Å². The summed E-state index contributed by atoms with van der Waals surface area (Å²) in [6.07, 6.45) is 0. The molecule has 0 saturated carbocycles. The SMILES string of the molecule is C[C@H](NCC(C)(C)C(=O)O)c1ccccc1Br. The number of aliphatic carboxylic acids is 1. The second-order valence-electron chi connectivity index (χ2n) is 4.81. The van der Waals surface area contributed by atoms with Gasteiger partial charge < -0.3 is 10.4 Å². The summed E-state index contributed by atoms with van der Waals surface area (Å²) >= 11 is 3.49. The first-order chi connectivity index (χ1) is 7.84. The Kier molecular flexibility index (Phi) is 4.71. The van der Waals surface area contributed by atoms with E-state index in [0.717, 1.165) is 10.0 Å². The summed E-state index contributed by atoms with van der Waals surface area (Å²) < 4.78 is 1.04. The third-order valence-corrected chi connectivity index (χ3v) is 3.52. The average molecular weight is 300 g/mol. The first-order valence-electron chi connectivity index (χ1n) is 5.56. The molecule has 0 unspecified atom stereocenters. The van der Waals surface area contributed by atoms with E-state index in [-0.39, 0.29) is 6.04 Å². The Morgan fingerprint density at radius 1 is 1.47 bits per heavy atom. The number of nitrogens with one attached hydrogen (secondary N) is 1. The van der Waals surface area contributed by atoms with Gasteiger partial charge >= 0.3 is 5.97 Å². The third kappa shape index (κ3) is 3.82. The maximum absolute atomic E-state index is 11.0. The number of carboxylic acids is 1. The van der Waals surface area contributed by atoms with Crippen molar-refractivity contribution in [1.82, 2.24) is 5.32 Å². The van der Waals surface area contributed by atoms with Gasteiger partial charge in [0, 0.05) is 17.1 Å². The van der Waals surface area contributed by atoms with E-state index in [1.807, 2.05) is 31.2 Å². The van der Waals surface area contributed by atoms with Gasteiger partial charge in [0.05, 0.1) is 5.41 Å². The second-order valence-corrected chi connectivity index (χ2v) is 5.67. The molecule has 17 heavy (non-hydrogen) atoms. The van der Waals surface area contributed by atoms with Crippen LogP contribution < -0.4 is 5.32 Å². The molecule has 0 bridgehead atoms. The summed E-state index contributed by atoms with van der Waals surface area (Å²) in [7, 11) is 0. The van der Waals surface area contributed by atoms with Crippen LogP contribution in [-0.2, 0) is 4.79 Å². The number of rotatable bonds is 5. The summed E-state index contributed by atoms with van der Waals surface area (Å²) in [4.78, 5) is 11.0. The molecule has 0 fully saturated rings. The predicted octanol–water partition coefficient (Wildman–Crippen LogP) is 3.21. The van der Waals surface area contributed by atoms with Gasteiger partial charge in [-0.1, -0.05) is 34.1 Å². The van der Waals surface area contributed by atoms with E-state index in [9.17, 15) is 4.79 Å². The highest BCUT2D eigenvalue weighted by atomic mass is 79.9. The monoisotopic (exact) mass is 299 g/mol. The van der Waals surface area contributed by atoms with Gasteiger partial charge in [0.25, 0.3) is 0 Å². The Morgan fingerprint density at radius 2 is 2.06 bits per heavy atom. The fraction of sp³-hybridized carbons (Fsp3) is 0.462. The molecule has 1 atom stereocenters. The second kappa shape index (κ2) is 5.65. The van der Waals surface area contributed by atoms with Gasteiger partial charge in [-0.25, -0.2) is 0 Å². The molecule has 0 aromatic heterocycles. The molecule has 0 aliphatic carbocycles. The van der Waals surface area contributed by atoms with Crippen molar-refractivity contribution in [2.24, 2.45) is 5.41 Å². The van der Waals surface area contributed by atoms with Crippen molar-refractivity contribution in [3.8, 4) is 0 Å². The lowest BCUT2D eigenvalue weighted by atomic mass is 9.93. The van der Waals surface area contributed by atoms with Crippen molar-refractivity contribution in [2.45, 2.75) is 26.8 Å². The van der Waals surface area contributed by atoms with Crippen molar-refractivity contribution in [3.05, 3.63) is 34.3 Å². The van der Waals surface area contributed by atoms with Gasteiger partial charge in [0.2, 0.25) is 0 Å². The van der Waals surface area contributed by atoms with E-state index >= 15 is 0 Å². The number of hydrogen-bond donors (Lipinski definition) is 2. The average Bonchev–Trinajstić information content (AvgIpc) is 2.26. The lowest BCUT2D eigenvalue weighted by Gasteiger charge is -2.23. The maximum Gasteiger partial charge on any atom is 0.310 e. The van der Waals surface area contributed by atoms with Crippen LogP contribution in [-0.4, -0.2) is 17.6 Å². The van der Waals surface area contributed by atoms with Crippen LogP contribution in [0.25, 0.3) is 0 Å². The molecule has 1 rings (SSSR count). The Balaban J connectivity index is 2.65. The highest BCUT2D eigenvalue weighted by Crippen LogP contribution is 2.24. The maximum atomic E-state index is 11.0. The first-order valence-corrected chi connectivity index (χ1v) is 6.35. The predicted molar refractivity (Wildman–Crippen MR) is 72.0 cm³/mol. The van der Waals surface area contributed by atoms with Crippen LogP contribution in [0, 0.1) is 5.41 Å². The highest BCUT2D eigenvalue weighted by molar-refractivity contribution is 9.10. The van der Waals surface area contributed by atoms with Crippen molar-refractivity contribution < 1.29 is 9.90 Å². The van der Waals surface area contributed by atoms with E-state index in [1.165, 1.54) is 0 Å². The largest absolute Gasteiger partial charge is 0.481 e. The molecular formula is C13H18BrNO2. The molecule has 0 spiro atoms. The third-order valence-electron chi connectivity index (χ3n) is 2.80. The minimum absolute atomic E-state index is 0.115. The van der Waals surface area contributed by atoms with Gasteiger partial charge in [0.1, 0.15) is 0 Å². The number of carboxylic acid groups (broad SMARTS) is 1. The lowest BCUT2D eigenvalue weighted by molar-refractivity contribution is -0.146. The Bertz CT molecular complexity index is 404. The van der Waals surface area contributed by atoms with Crippen LogP contribution in [0.4, 0.5) is 0 Å². The molecule has 1 aromatic carbocycles. The van der Waals surface area contributed by atoms with E-state index < -0.39 is 11.4 Å². The number of benzene rings is 1. The highest BCUT2D eigenvalue weighted by Gasteiger charge is 2.27. The van der Waals surface area contributed by atoms with Crippen molar-refractivity contribution in [2.75, 3.05) is 6.54 Å². The summed E-state index contributed by atoms with van der Waals surface area (Å²) in [6.45, 7) is 5.90. The fourth-order valence-corrected chi connectivity index (χ4v) is 2.05. The topological polar surface area (TPSA) is 49.3 Å². The van der Waals surface area contributed by atoms with Gasteiger partial charge in [-0.2, -0.15) is 0 Å². The van der Waals surface area contributed by atoms with Crippen LogP contribution in [0.1, 0.15) is 32.4 Å². The Hall–Kier alpha value is -0.870. The van der Waals surface area contributed by atoms with E-state index in [0.29, 0.717) is 6.54 Å². The van der Waals surface area contributed by atoms with Crippen LogP contribution >= 0.6 is 15.9 Å². The van der Waals surface area contributed by atoms with E-state index in [2.05, 4.69) is 21.2 Å². The van der Waals surface area contributed by atoms with Crippen LogP contribution in [0.2, 0.25) is 0 Å². The van der Waals surface area contributed by atoms with Gasteiger partial charge in [-0.3, -0.25) is 4.79 Å². The molecule has 1 aromatic rings. The molecule has 4 heteroatoms. The smallest absolute Gasteiger partial charge is 0.310 e. The quantitative estimate of drug-likeness (QED) is 0.878. The minimum atomic E-state index is -0.788. The van der Waals surface area contributed by atoms with E-state index in [1.54, 1.807) is 13.8 Å². The molecular weight excluding hydrogens is 282 g/mol. The summed E-state index contributed by atoms with van der Waals surface area (Å²) in [5.74, 6) is -0.788. The standard InChI is InChI=1S/C13H18BrNO2/c1-9(10-6-4-5-7-11(10)14)15-8-13(2,3)12(16)17/h4-7,9,15H,8H2,1-3H3,(H,16,17)/t9-/m0/s1. The van der Waals surface area contributed by atoms with Crippen molar-refractivity contribution in [3.63, 3.8) is 0 Å². The normalized spacial score (nSPS) is 13.4. The molecule has 94 valence electrons. The number of halogens is 1. The molecule has 2 N–H and O–H groups in total. The fourth-order valence-electron chi connectivity index (χ4n) is 1.42. The lowest BCUT2D eigenvalue weighted by Crippen LogP contribution is -2.37. The molecule has 0 radical (unpaired) electrons. The minimum Gasteiger partial charge on any atom is -0.481 e. The zero-order valence-electron chi connectivity index (χ0n) is 10.3. The number of hydrogen-bond acceptors (Lipinski definition) is 2. The Morgan fingerprint density at radius 3 is 2.59 bits per heavy atom. The Labute approximate surface area is 110 Å².